The SMILES string of the molecule is O=C1CCCN1CCCNc1nc(Nc2ccc(C(F)(F)F)cc2)nc2c1ncn2-c1ccsc1. The van der Waals surface area contributed by atoms with E-state index in [4.69, 9.17) is 0 Å². The summed E-state index contributed by atoms with van der Waals surface area (Å²) in [7, 11) is 0. The van der Waals surface area contributed by atoms with Crippen LogP contribution in [0.25, 0.3) is 16.9 Å². The Balaban J connectivity index is 1.39. The van der Waals surface area contributed by atoms with Crippen LogP contribution in [-0.2, 0) is 11.0 Å². The number of hydrogen-bond acceptors (Lipinski definition) is 7. The molecule has 0 aliphatic carbocycles. The number of halogens is 3. The number of nitrogens with one attached hydrogen (secondary N) is 2. The van der Waals surface area contributed by atoms with Gasteiger partial charge in [-0.1, -0.05) is 0 Å². The van der Waals surface area contributed by atoms with Crippen LogP contribution in [0.2, 0.25) is 0 Å². The minimum atomic E-state index is -4.41. The zero-order chi connectivity index (χ0) is 24.4. The van der Waals surface area contributed by atoms with Crippen molar-refractivity contribution < 1.29 is 18.0 Å². The number of carbonyl (C=O) groups is 1. The molecule has 1 aliphatic rings. The Morgan fingerprint density at radius 1 is 1.11 bits per heavy atom. The molecule has 1 fully saturated rings. The number of imidazole rings is 1. The first-order valence-electron chi connectivity index (χ1n) is 11.1. The molecule has 4 heterocycles. The Morgan fingerprint density at radius 3 is 2.63 bits per heavy atom. The maximum absolute atomic E-state index is 12.9. The third-order valence-electron chi connectivity index (χ3n) is 5.72. The fraction of sp³-hybridized carbons (Fsp3) is 0.304. The second kappa shape index (κ2) is 9.53. The number of benzene rings is 1. The first kappa shape index (κ1) is 23.1. The summed E-state index contributed by atoms with van der Waals surface area (Å²) in [5.74, 6) is 0.921. The molecule has 35 heavy (non-hydrogen) atoms. The van der Waals surface area contributed by atoms with E-state index in [1.807, 2.05) is 26.3 Å². The molecule has 0 saturated carbocycles. The van der Waals surface area contributed by atoms with E-state index in [1.54, 1.807) is 17.7 Å². The van der Waals surface area contributed by atoms with Gasteiger partial charge in [0.1, 0.15) is 6.33 Å². The average molecular weight is 502 g/mol. The normalized spacial score (nSPS) is 14.1. The molecule has 12 heteroatoms. The number of alkyl halides is 3. The summed E-state index contributed by atoms with van der Waals surface area (Å²) in [5, 5.41) is 10.2. The average Bonchev–Trinajstić information content (AvgIpc) is 3.57. The van der Waals surface area contributed by atoms with Crippen LogP contribution in [0.15, 0.2) is 47.4 Å². The zero-order valence-corrected chi connectivity index (χ0v) is 19.4. The van der Waals surface area contributed by atoms with Gasteiger partial charge in [-0.15, -0.1) is 0 Å². The number of rotatable bonds is 8. The monoisotopic (exact) mass is 501 g/mol. The van der Waals surface area contributed by atoms with Gasteiger partial charge in [-0.2, -0.15) is 34.5 Å². The van der Waals surface area contributed by atoms with Gasteiger partial charge < -0.3 is 15.5 Å². The van der Waals surface area contributed by atoms with Gasteiger partial charge in [0.25, 0.3) is 0 Å². The summed E-state index contributed by atoms with van der Waals surface area (Å²) in [6.45, 7) is 2.03. The van der Waals surface area contributed by atoms with Crippen molar-refractivity contribution in [1.29, 1.82) is 0 Å². The number of nitrogens with zero attached hydrogens (tertiary/aromatic N) is 5. The quantitative estimate of drug-likeness (QED) is 0.328. The molecular weight excluding hydrogens is 479 g/mol. The van der Waals surface area contributed by atoms with E-state index >= 15 is 0 Å². The van der Waals surface area contributed by atoms with Gasteiger partial charge in [0, 0.05) is 37.1 Å². The molecule has 2 N–H and O–H groups in total. The van der Waals surface area contributed by atoms with Crippen LogP contribution in [0.5, 0.6) is 0 Å². The maximum atomic E-state index is 12.9. The van der Waals surface area contributed by atoms with Crippen molar-refractivity contribution in [3.05, 3.63) is 53.0 Å². The van der Waals surface area contributed by atoms with Gasteiger partial charge in [0.05, 0.1) is 11.3 Å². The number of likely N-dealkylation sites (tertiary alicyclic amines) is 1. The first-order chi connectivity index (χ1) is 16.9. The Kier molecular flexibility index (Phi) is 6.29. The third kappa shape index (κ3) is 5.06. The highest BCUT2D eigenvalue weighted by Gasteiger charge is 2.30. The molecule has 1 aliphatic heterocycles. The van der Waals surface area contributed by atoms with Gasteiger partial charge in [-0.05, 0) is 48.6 Å². The Bertz CT molecular complexity index is 1320. The van der Waals surface area contributed by atoms with Crippen molar-refractivity contribution in [2.45, 2.75) is 25.4 Å². The van der Waals surface area contributed by atoms with Crippen molar-refractivity contribution in [3.63, 3.8) is 0 Å². The topological polar surface area (TPSA) is 88.0 Å². The Morgan fingerprint density at radius 2 is 1.94 bits per heavy atom. The van der Waals surface area contributed by atoms with E-state index in [2.05, 4.69) is 25.6 Å². The zero-order valence-electron chi connectivity index (χ0n) is 18.5. The van der Waals surface area contributed by atoms with Crippen molar-refractivity contribution in [3.8, 4) is 5.69 Å². The molecule has 8 nitrogen and oxygen atoms in total. The van der Waals surface area contributed by atoms with E-state index in [0.717, 1.165) is 37.2 Å². The molecule has 1 aromatic carbocycles. The lowest BCUT2D eigenvalue weighted by molar-refractivity contribution is -0.137. The van der Waals surface area contributed by atoms with Crippen LogP contribution in [0.4, 0.5) is 30.6 Å². The predicted octanol–water partition coefficient (Wildman–Crippen LogP) is 5.06. The van der Waals surface area contributed by atoms with E-state index in [0.29, 0.717) is 42.2 Å². The van der Waals surface area contributed by atoms with Gasteiger partial charge in [-0.3, -0.25) is 9.36 Å². The minimum absolute atomic E-state index is 0.187. The molecule has 0 radical (unpaired) electrons. The molecule has 1 amide bonds. The number of aromatic nitrogens is 4. The van der Waals surface area contributed by atoms with E-state index in [-0.39, 0.29) is 11.9 Å². The Labute approximate surface area is 202 Å². The third-order valence-corrected chi connectivity index (χ3v) is 6.39. The standard InChI is InChI=1S/C23H22F3N7OS/c24-23(25,26)15-4-6-16(7-5-15)29-22-30-20(27-9-2-11-32-10-1-3-18(32)34)19-21(31-22)33(14-28-19)17-8-12-35-13-17/h4-8,12-14H,1-3,9-11H2,(H2,27,29,30,31). The lowest BCUT2D eigenvalue weighted by Crippen LogP contribution is -2.27. The van der Waals surface area contributed by atoms with Crippen molar-refractivity contribution in [2.75, 3.05) is 30.3 Å². The maximum Gasteiger partial charge on any atom is 0.416 e. The summed E-state index contributed by atoms with van der Waals surface area (Å²) in [6, 6.07) is 6.64. The van der Waals surface area contributed by atoms with Crippen molar-refractivity contribution >= 4 is 45.9 Å². The number of amides is 1. The number of fused-ring (bicyclic) bond motifs is 1. The Hall–Kier alpha value is -3.67. The van der Waals surface area contributed by atoms with Gasteiger partial charge in [0.15, 0.2) is 17.0 Å². The molecule has 0 atom stereocenters. The molecule has 5 rings (SSSR count). The summed E-state index contributed by atoms with van der Waals surface area (Å²) >= 11 is 1.54. The van der Waals surface area contributed by atoms with E-state index in [1.165, 1.54) is 12.1 Å². The van der Waals surface area contributed by atoms with Crippen LogP contribution in [-0.4, -0.2) is 50.0 Å². The van der Waals surface area contributed by atoms with Crippen molar-refractivity contribution in [1.82, 2.24) is 24.4 Å². The molecule has 4 aromatic rings. The molecule has 182 valence electrons. The fourth-order valence-electron chi connectivity index (χ4n) is 3.95. The number of hydrogen-bond donors (Lipinski definition) is 2. The van der Waals surface area contributed by atoms with Crippen LogP contribution in [0.1, 0.15) is 24.8 Å². The highest BCUT2D eigenvalue weighted by atomic mass is 32.1. The van der Waals surface area contributed by atoms with Gasteiger partial charge in [0.2, 0.25) is 11.9 Å². The molecular formula is C23H22F3N7OS. The lowest BCUT2D eigenvalue weighted by atomic mass is 10.2. The van der Waals surface area contributed by atoms with E-state index in [9.17, 15) is 18.0 Å². The molecule has 1 saturated heterocycles. The van der Waals surface area contributed by atoms with Gasteiger partial charge in [-0.25, -0.2) is 4.98 Å². The van der Waals surface area contributed by atoms with Crippen molar-refractivity contribution in [2.24, 2.45) is 0 Å². The first-order valence-corrected chi connectivity index (χ1v) is 12.1. The number of thiophene rings is 1. The predicted molar refractivity (Wildman–Crippen MR) is 128 cm³/mol. The largest absolute Gasteiger partial charge is 0.416 e. The fourth-order valence-corrected chi connectivity index (χ4v) is 4.58. The van der Waals surface area contributed by atoms with Crippen LogP contribution in [0, 0.1) is 0 Å². The van der Waals surface area contributed by atoms with Crippen LogP contribution >= 0.6 is 11.3 Å². The molecule has 0 bridgehead atoms. The minimum Gasteiger partial charge on any atom is -0.368 e. The highest BCUT2D eigenvalue weighted by molar-refractivity contribution is 7.08. The summed E-state index contributed by atoms with van der Waals surface area (Å²) in [5.41, 5.74) is 1.73. The summed E-state index contributed by atoms with van der Waals surface area (Å²) in [4.78, 5) is 27.3. The van der Waals surface area contributed by atoms with E-state index < -0.39 is 11.7 Å². The smallest absolute Gasteiger partial charge is 0.368 e. The highest BCUT2D eigenvalue weighted by Crippen LogP contribution is 2.31. The van der Waals surface area contributed by atoms with Crippen LogP contribution < -0.4 is 10.6 Å². The lowest BCUT2D eigenvalue weighted by Gasteiger charge is -2.16. The second-order valence-corrected chi connectivity index (χ2v) is 8.91. The second-order valence-electron chi connectivity index (χ2n) is 8.13. The summed E-state index contributed by atoms with van der Waals surface area (Å²) in [6.07, 6.45) is -0.490. The van der Waals surface area contributed by atoms with Gasteiger partial charge >= 0.3 is 6.18 Å². The molecule has 0 unspecified atom stereocenters. The molecule has 3 aromatic heterocycles. The molecule has 0 spiro atoms. The van der Waals surface area contributed by atoms with Crippen LogP contribution in [0.3, 0.4) is 0 Å². The number of carbonyl (C=O) groups excluding carboxylic acids is 1. The number of anilines is 3. The summed E-state index contributed by atoms with van der Waals surface area (Å²) < 4.78 is 40.5.